The monoisotopic (exact) mass is 331 g/mol. The Bertz CT molecular complexity index is 527. The number of hydrogen-bond donors (Lipinski definition) is 1. The highest BCUT2D eigenvalue weighted by molar-refractivity contribution is 5.44. The van der Waals surface area contributed by atoms with E-state index in [1.54, 1.807) is 0 Å². The van der Waals surface area contributed by atoms with Gasteiger partial charge in [0.25, 0.3) is 0 Å². The van der Waals surface area contributed by atoms with Crippen LogP contribution in [0, 0.1) is 5.92 Å². The largest absolute Gasteiger partial charge is 0.508 e. The van der Waals surface area contributed by atoms with Gasteiger partial charge in [-0.15, -0.1) is 0 Å². The minimum absolute atomic E-state index is 0.128. The van der Waals surface area contributed by atoms with Crippen LogP contribution in [-0.2, 0) is 11.8 Å². The molecule has 24 heavy (non-hydrogen) atoms. The molecule has 0 aliphatic heterocycles. The number of phenols is 1. The first-order valence-corrected chi connectivity index (χ1v) is 10.0. The van der Waals surface area contributed by atoms with Crippen molar-refractivity contribution in [1.29, 1.82) is 0 Å². The average Bonchev–Trinajstić information content (AvgIpc) is 2.54. The van der Waals surface area contributed by atoms with Crippen LogP contribution in [0.2, 0.25) is 0 Å². The molecule has 3 atom stereocenters. The molecule has 0 unspecified atom stereocenters. The van der Waals surface area contributed by atoms with Crippen molar-refractivity contribution >= 4 is 0 Å². The second-order valence-electron chi connectivity index (χ2n) is 8.04. The molecule has 1 aromatic rings. The molecule has 2 rings (SSSR count). The van der Waals surface area contributed by atoms with E-state index in [2.05, 4.69) is 45.7 Å². The molecule has 2 nitrogen and oxygen atoms in total. The molecule has 1 N–H and O–H groups in total. The number of fused-ring (bicyclic) bond motifs is 1. The molecule has 2 heteroatoms. The van der Waals surface area contributed by atoms with Gasteiger partial charge in [0.05, 0.1) is 0 Å². The number of unbranched alkanes of at least 4 members (excludes halogenated alkanes) is 1. The first-order valence-electron chi connectivity index (χ1n) is 10.0. The third kappa shape index (κ3) is 3.79. The van der Waals surface area contributed by atoms with E-state index in [-0.39, 0.29) is 5.41 Å². The molecular formula is C22H37NO. The highest BCUT2D eigenvalue weighted by Gasteiger charge is 2.46. The summed E-state index contributed by atoms with van der Waals surface area (Å²) in [5.41, 5.74) is 2.98. The second kappa shape index (κ2) is 8.38. The van der Waals surface area contributed by atoms with Crippen LogP contribution in [-0.4, -0.2) is 29.6 Å². The number of rotatable bonds is 8. The van der Waals surface area contributed by atoms with Gasteiger partial charge in [0.1, 0.15) is 5.75 Å². The molecule has 0 spiro atoms. The minimum Gasteiger partial charge on any atom is -0.508 e. The Morgan fingerprint density at radius 1 is 1.17 bits per heavy atom. The van der Waals surface area contributed by atoms with Crippen molar-refractivity contribution in [2.75, 3.05) is 13.6 Å². The van der Waals surface area contributed by atoms with Crippen LogP contribution in [0.5, 0.6) is 5.75 Å². The lowest BCUT2D eigenvalue weighted by atomic mass is 9.60. The lowest BCUT2D eigenvalue weighted by Crippen LogP contribution is -2.55. The van der Waals surface area contributed by atoms with Crippen molar-refractivity contribution < 1.29 is 5.11 Å². The van der Waals surface area contributed by atoms with E-state index in [0.29, 0.717) is 17.7 Å². The van der Waals surface area contributed by atoms with Crippen LogP contribution >= 0.6 is 0 Å². The van der Waals surface area contributed by atoms with Gasteiger partial charge in [-0.25, -0.2) is 0 Å². The lowest BCUT2D eigenvalue weighted by molar-refractivity contribution is 0.0727. The fourth-order valence-electron chi connectivity index (χ4n) is 5.17. The van der Waals surface area contributed by atoms with E-state index in [1.807, 2.05) is 12.1 Å². The summed E-state index contributed by atoms with van der Waals surface area (Å²) in [7, 11) is 2.32. The van der Waals surface area contributed by atoms with E-state index in [4.69, 9.17) is 0 Å². The van der Waals surface area contributed by atoms with E-state index in [9.17, 15) is 5.11 Å². The summed E-state index contributed by atoms with van der Waals surface area (Å²) < 4.78 is 0. The van der Waals surface area contributed by atoms with Gasteiger partial charge in [-0.3, -0.25) is 0 Å². The van der Waals surface area contributed by atoms with Crippen molar-refractivity contribution in [3.8, 4) is 5.75 Å². The highest BCUT2D eigenvalue weighted by Crippen LogP contribution is 2.47. The zero-order chi connectivity index (χ0) is 17.7. The zero-order valence-electron chi connectivity index (χ0n) is 16.4. The van der Waals surface area contributed by atoms with Gasteiger partial charge in [-0.2, -0.15) is 0 Å². The molecule has 1 aromatic carbocycles. The van der Waals surface area contributed by atoms with Crippen LogP contribution in [0.15, 0.2) is 18.2 Å². The van der Waals surface area contributed by atoms with E-state index < -0.39 is 0 Å². The molecule has 0 amide bonds. The fourth-order valence-corrected chi connectivity index (χ4v) is 5.17. The van der Waals surface area contributed by atoms with Crippen molar-refractivity contribution in [3.63, 3.8) is 0 Å². The van der Waals surface area contributed by atoms with Crippen molar-refractivity contribution in [3.05, 3.63) is 29.3 Å². The van der Waals surface area contributed by atoms with Crippen LogP contribution in [0.4, 0.5) is 0 Å². The van der Waals surface area contributed by atoms with Gasteiger partial charge in [-0.05, 0) is 68.5 Å². The predicted molar refractivity (Wildman–Crippen MR) is 104 cm³/mol. The maximum atomic E-state index is 10.1. The summed E-state index contributed by atoms with van der Waals surface area (Å²) in [6.07, 6.45) is 8.58. The van der Waals surface area contributed by atoms with Crippen molar-refractivity contribution in [2.24, 2.45) is 5.92 Å². The Hall–Kier alpha value is -1.02. The van der Waals surface area contributed by atoms with Gasteiger partial charge in [0.2, 0.25) is 0 Å². The quantitative estimate of drug-likeness (QED) is 0.677. The van der Waals surface area contributed by atoms with Crippen LogP contribution in [0.25, 0.3) is 0 Å². The summed E-state index contributed by atoms with van der Waals surface area (Å²) in [4.78, 5) is 2.63. The van der Waals surface area contributed by atoms with Gasteiger partial charge in [0, 0.05) is 11.5 Å². The van der Waals surface area contributed by atoms with E-state index in [0.717, 1.165) is 6.42 Å². The molecule has 0 heterocycles. The topological polar surface area (TPSA) is 23.5 Å². The summed E-state index contributed by atoms with van der Waals surface area (Å²) in [6.45, 7) is 10.5. The first-order chi connectivity index (χ1) is 11.5. The van der Waals surface area contributed by atoms with Crippen LogP contribution in [0.3, 0.4) is 0 Å². The molecule has 0 fully saturated rings. The molecule has 0 aromatic heterocycles. The highest BCUT2D eigenvalue weighted by atomic mass is 16.3. The Kier molecular flexibility index (Phi) is 6.74. The maximum Gasteiger partial charge on any atom is 0.115 e. The normalized spacial score (nSPS) is 26.6. The second-order valence-corrected chi connectivity index (χ2v) is 8.04. The molecular weight excluding hydrogens is 294 g/mol. The number of benzene rings is 1. The Morgan fingerprint density at radius 3 is 2.54 bits per heavy atom. The summed E-state index contributed by atoms with van der Waals surface area (Å²) in [5.74, 6) is 1.13. The summed E-state index contributed by atoms with van der Waals surface area (Å²) in [6, 6.07) is 6.66. The lowest BCUT2D eigenvalue weighted by Gasteiger charge is -2.51. The summed E-state index contributed by atoms with van der Waals surface area (Å²) >= 11 is 0. The van der Waals surface area contributed by atoms with E-state index >= 15 is 0 Å². The maximum absolute atomic E-state index is 10.1. The molecule has 1 aliphatic carbocycles. The first kappa shape index (κ1) is 19.3. The molecule has 0 bridgehead atoms. The average molecular weight is 332 g/mol. The minimum atomic E-state index is 0.128. The number of likely N-dealkylation sites (N-methyl/N-ethyl adjacent to an activating group) is 1. The Balaban J connectivity index is 2.48. The van der Waals surface area contributed by atoms with Crippen molar-refractivity contribution in [1.82, 2.24) is 4.90 Å². The molecule has 1 aliphatic rings. The fraction of sp³-hybridized carbons (Fsp3) is 0.727. The van der Waals surface area contributed by atoms with Gasteiger partial charge < -0.3 is 10.0 Å². The third-order valence-corrected chi connectivity index (χ3v) is 6.06. The number of hydrogen-bond acceptors (Lipinski definition) is 2. The molecule has 0 radical (unpaired) electrons. The van der Waals surface area contributed by atoms with Gasteiger partial charge in [0.15, 0.2) is 0 Å². The molecule has 136 valence electrons. The Morgan fingerprint density at radius 2 is 1.92 bits per heavy atom. The van der Waals surface area contributed by atoms with Gasteiger partial charge >= 0.3 is 0 Å². The smallest absolute Gasteiger partial charge is 0.115 e. The SMILES string of the molecule is CCCCN(C)[C@H]1[C@@H](CCC)Cc2ccc(O)cc2[C@@]1(C)CCC. The number of aromatic hydroxyl groups is 1. The number of phenolic OH excluding ortho intramolecular Hbond substituents is 1. The predicted octanol–water partition coefficient (Wildman–Crippen LogP) is 5.52. The zero-order valence-corrected chi connectivity index (χ0v) is 16.4. The summed E-state index contributed by atoms with van der Waals surface area (Å²) in [5, 5.41) is 10.1. The Labute approximate surface area is 149 Å². The third-order valence-electron chi connectivity index (χ3n) is 6.06. The molecule has 0 saturated heterocycles. The van der Waals surface area contributed by atoms with Gasteiger partial charge in [-0.1, -0.05) is 53.0 Å². The number of nitrogens with zero attached hydrogens (tertiary/aromatic N) is 1. The van der Waals surface area contributed by atoms with Crippen molar-refractivity contribution in [2.45, 2.75) is 84.1 Å². The van der Waals surface area contributed by atoms with Crippen LogP contribution < -0.4 is 0 Å². The van der Waals surface area contributed by atoms with E-state index in [1.165, 1.54) is 56.2 Å². The van der Waals surface area contributed by atoms with Crippen LogP contribution in [0.1, 0.15) is 77.3 Å². The standard InChI is InChI=1S/C22H37NO/c1-6-9-14-23(5)21-18(10-7-2)15-17-11-12-19(24)16-20(17)22(21,4)13-8-3/h11-12,16,18,21,24H,6-10,13-15H2,1-5H3/t18-,21-,22+/m0/s1. The molecule has 0 saturated carbocycles.